The SMILES string of the molecule is CCCCCC(C)(C)OOC(=O)OC1C=C(C)CC(C)(C)C1. The first-order valence-electron chi connectivity index (χ1n) is 8.37. The van der Waals surface area contributed by atoms with Crippen molar-refractivity contribution in [3.63, 3.8) is 0 Å². The Kier molecular flexibility index (Phi) is 6.92. The summed E-state index contributed by atoms with van der Waals surface area (Å²) in [5.74, 6) is 0. The second-order valence-electron chi connectivity index (χ2n) is 7.85. The zero-order valence-corrected chi connectivity index (χ0v) is 15.0. The summed E-state index contributed by atoms with van der Waals surface area (Å²) < 4.78 is 5.36. The monoisotopic (exact) mass is 312 g/mol. The van der Waals surface area contributed by atoms with Crippen molar-refractivity contribution < 1.29 is 19.3 Å². The van der Waals surface area contributed by atoms with Crippen LogP contribution in [0.4, 0.5) is 4.79 Å². The lowest BCUT2D eigenvalue weighted by molar-refractivity contribution is -0.320. The summed E-state index contributed by atoms with van der Waals surface area (Å²) in [6, 6.07) is 0. The van der Waals surface area contributed by atoms with Gasteiger partial charge in [-0.3, -0.25) is 4.89 Å². The van der Waals surface area contributed by atoms with E-state index in [0.717, 1.165) is 38.5 Å². The van der Waals surface area contributed by atoms with Gasteiger partial charge in [-0.25, -0.2) is 4.79 Å². The molecule has 0 radical (unpaired) electrons. The molecule has 1 aliphatic carbocycles. The zero-order chi connectivity index (χ0) is 16.8. The minimum absolute atomic E-state index is 0.143. The minimum Gasteiger partial charge on any atom is -0.425 e. The highest BCUT2D eigenvalue weighted by Gasteiger charge is 2.30. The molecule has 0 aliphatic heterocycles. The Morgan fingerprint density at radius 1 is 1.36 bits per heavy atom. The molecular weight excluding hydrogens is 280 g/mol. The first kappa shape index (κ1) is 19.0. The van der Waals surface area contributed by atoms with Crippen molar-refractivity contribution in [1.82, 2.24) is 0 Å². The molecule has 4 nitrogen and oxygen atoms in total. The molecule has 0 aromatic carbocycles. The van der Waals surface area contributed by atoms with Gasteiger partial charge in [0.2, 0.25) is 0 Å². The van der Waals surface area contributed by atoms with Crippen molar-refractivity contribution in [2.45, 2.75) is 91.8 Å². The topological polar surface area (TPSA) is 44.8 Å². The molecule has 1 rings (SSSR count). The number of unbranched alkanes of at least 4 members (excludes halogenated alkanes) is 2. The first-order valence-corrected chi connectivity index (χ1v) is 8.37. The van der Waals surface area contributed by atoms with Gasteiger partial charge in [-0.05, 0) is 51.5 Å². The fourth-order valence-corrected chi connectivity index (χ4v) is 3.01. The second kappa shape index (κ2) is 8.00. The molecule has 0 aromatic heterocycles. The van der Waals surface area contributed by atoms with Crippen LogP contribution in [0.1, 0.15) is 80.1 Å². The Labute approximate surface area is 135 Å². The van der Waals surface area contributed by atoms with Crippen molar-refractivity contribution in [3.8, 4) is 0 Å². The van der Waals surface area contributed by atoms with Crippen molar-refractivity contribution >= 4 is 6.16 Å². The van der Waals surface area contributed by atoms with Gasteiger partial charge >= 0.3 is 6.16 Å². The molecule has 0 heterocycles. The Morgan fingerprint density at radius 2 is 2.05 bits per heavy atom. The average Bonchev–Trinajstić information content (AvgIpc) is 2.34. The van der Waals surface area contributed by atoms with Gasteiger partial charge in [0.25, 0.3) is 0 Å². The van der Waals surface area contributed by atoms with Gasteiger partial charge in [0.15, 0.2) is 0 Å². The van der Waals surface area contributed by atoms with Gasteiger partial charge in [-0.2, -0.15) is 4.89 Å². The molecule has 0 aromatic rings. The van der Waals surface area contributed by atoms with E-state index in [1.54, 1.807) is 0 Å². The van der Waals surface area contributed by atoms with Gasteiger partial charge < -0.3 is 4.74 Å². The van der Waals surface area contributed by atoms with Crippen molar-refractivity contribution in [2.24, 2.45) is 5.41 Å². The Balaban J connectivity index is 2.38. The molecule has 0 N–H and O–H groups in total. The van der Waals surface area contributed by atoms with Gasteiger partial charge in [0.05, 0.1) is 0 Å². The third-order valence-electron chi connectivity index (χ3n) is 3.95. The third kappa shape index (κ3) is 7.30. The summed E-state index contributed by atoms with van der Waals surface area (Å²) in [5, 5.41) is 0. The summed E-state index contributed by atoms with van der Waals surface area (Å²) in [4.78, 5) is 21.9. The maximum absolute atomic E-state index is 11.8. The summed E-state index contributed by atoms with van der Waals surface area (Å²) in [6.45, 7) is 12.4. The molecule has 0 saturated heterocycles. The predicted octanol–water partition coefficient (Wildman–Crippen LogP) is 5.57. The Bertz CT molecular complexity index is 396. The van der Waals surface area contributed by atoms with Gasteiger partial charge in [0.1, 0.15) is 11.7 Å². The number of rotatable bonds is 7. The molecule has 1 unspecified atom stereocenters. The number of ether oxygens (including phenoxy) is 1. The predicted molar refractivity (Wildman–Crippen MR) is 87.4 cm³/mol. The first-order chi connectivity index (χ1) is 10.1. The van der Waals surface area contributed by atoms with Crippen LogP contribution in [0.25, 0.3) is 0 Å². The smallest absolute Gasteiger partial charge is 0.425 e. The lowest BCUT2D eigenvalue weighted by atomic mass is 9.76. The van der Waals surface area contributed by atoms with E-state index in [2.05, 4.69) is 27.7 Å². The maximum atomic E-state index is 11.8. The number of hydrogen-bond donors (Lipinski definition) is 0. The van der Waals surface area contributed by atoms with E-state index in [4.69, 9.17) is 14.5 Å². The summed E-state index contributed by atoms with van der Waals surface area (Å²) in [7, 11) is 0. The van der Waals surface area contributed by atoms with Crippen LogP contribution >= 0.6 is 0 Å². The van der Waals surface area contributed by atoms with E-state index in [-0.39, 0.29) is 11.5 Å². The molecule has 1 aliphatic rings. The third-order valence-corrected chi connectivity index (χ3v) is 3.95. The van der Waals surface area contributed by atoms with E-state index < -0.39 is 11.8 Å². The van der Waals surface area contributed by atoms with Crippen molar-refractivity contribution in [3.05, 3.63) is 11.6 Å². The molecule has 0 bridgehead atoms. The van der Waals surface area contributed by atoms with Gasteiger partial charge in [-0.15, -0.1) is 0 Å². The van der Waals surface area contributed by atoms with Crippen LogP contribution in [-0.4, -0.2) is 17.9 Å². The van der Waals surface area contributed by atoms with Crippen LogP contribution in [0, 0.1) is 5.41 Å². The van der Waals surface area contributed by atoms with Crippen LogP contribution < -0.4 is 0 Å². The standard InChI is InChI=1S/C18H32O4/c1-7-8-9-10-18(5,6)22-21-16(19)20-15-11-14(2)12-17(3,4)13-15/h11,15H,7-10,12-13H2,1-6H3. The minimum atomic E-state index is -0.754. The van der Waals surface area contributed by atoms with E-state index in [1.165, 1.54) is 5.57 Å². The molecule has 0 amide bonds. The second-order valence-corrected chi connectivity index (χ2v) is 7.85. The summed E-state index contributed by atoms with van der Waals surface area (Å²) in [5.41, 5.74) is 0.908. The highest BCUT2D eigenvalue weighted by atomic mass is 17.2. The Hall–Kier alpha value is -1.03. The number of carbonyl (C=O) groups is 1. The summed E-state index contributed by atoms with van der Waals surface area (Å²) in [6.07, 6.45) is 7.06. The van der Waals surface area contributed by atoms with Crippen LogP contribution in [0.5, 0.6) is 0 Å². The molecule has 0 fully saturated rings. The number of hydrogen-bond acceptors (Lipinski definition) is 4. The van der Waals surface area contributed by atoms with Gasteiger partial charge in [-0.1, -0.05) is 45.6 Å². The highest BCUT2D eigenvalue weighted by Crippen LogP contribution is 2.36. The number of allylic oxidation sites excluding steroid dienone is 1. The van der Waals surface area contributed by atoms with Crippen LogP contribution in [0.2, 0.25) is 0 Å². The lowest BCUT2D eigenvalue weighted by Gasteiger charge is -2.33. The van der Waals surface area contributed by atoms with E-state index in [0.29, 0.717) is 0 Å². The largest absolute Gasteiger partial charge is 0.541 e. The molecular formula is C18H32O4. The number of carbonyl (C=O) groups excluding carboxylic acids is 1. The highest BCUT2D eigenvalue weighted by molar-refractivity contribution is 5.59. The molecule has 1 atom stereocenters. The van der Waals surface area contributed by atoms with E-state index in [9.17, 15) is 4.79 Å². The fourth-order valence-electron chi connectivity index (χ4n) is 3.01. The Morgan fingerprint density at radius 3 is 2.64 bits per heavy atom. The lowest BCUT2D eigenvalue weighted by Crippen LogP contribution is -2.31. The van der Waals surface area contributed by atoms with Crippen LogP contribution in [-0.2, 0) is 14.5 Å². The zero-order valence-electron chi connectivity index (χ0n) is 15.0. The van der Waals surface area contributed by atoms with Crippen LogP contribution in [0.3, 0.4) is 0 Å². The van der Waals surface area contributed by atoms with E-state index in [1.807, 2.05) is 19.9 Å². The van der Waals surface area contributed by atoms with E-state index >= 15 is 0 Å². The molecule has 0 saturated carbocycles. The van der Waals surface area contributed by atoms with Crippen molar-refractivity contribution in [2.75, 3.05) is 0 Å². The van der Waals surface area contributed by atoms with Crippen LogP contribution in [0.15, 0.2) is 11.6 Å². The average molecular weight is 312 g/mol. The van der Waals surface area contributed by atoms with Crippen molar-refractivity contribution in [1.29, 1.82) is 0 Å². The molecule has 4 heteroatoms. The summed E-state index contributed by atoms with van der Waals surface area (Å²) >= 11 is 0. The van der Waals surface area contributed by atoms with Gasteiger partial charge in [0, 0.05) is 0 Å². The quantitative estimate of drug-likeness (QED) is 0.203. The normalized spacial score (nSPS) is 21.2. The molecule has 22 heavy (non-hydrogen) atoms. The molecule has 0 spiro atoms. The molecule has 128 valence electrons. The maximum Gasteiger partial charge on any atom is 0.541 e. The fraction of sp³-hybridized carbons (Fsp3) is 0.833.